The minimum atomic E-state index is -3.23. The summed E-state index contributed by atoms with van der Waals surface area (Å²) in [5, 5.41) is 4.35. The Morgan fingerprint density at radius 3 is 2.38 bits per heavy atom. The fourth-order valence-electron chi connectivity index (χ4n) is 2.92. The lowest BCUT2D eigenvalue weighted by molar-refractivity contribution is -0.135. The Bertz CT molecular complexity index is 792. The number of piperazine rings is 1. The fraction of sp³-hybridized carbons (Fsp3) is 0.667. The van der Waals surface area contributed by atoms with E-state index in [0.717, 1.165) is 18.5 Å². The van der Waals surface area contributed by atoms with Crippen LogP contribution in [0, 0.1) is 0 Å². The molecule has 1 unspecified atom stereocenters. The lowest BCUT2D eigenvalue weighted by atomic mass is 10.2. The van der Waals surface area contributed by atoms with Gasteiger partial charge in [-0.15, -0.1) is 0 Å². The maximum Gasteiger partial charge on any atom is 0.267 e. The molecule has 0 N–H and O–H groups in total. The van der Waals surface area contributed by atoms with Crippen LogP contribution in [0.15, 0.2) is 16.9 Å². The molecular weight excluding hydrogens is 332 g/mol. The highest BCUT2D eigenvalue weighted by molar-refractivity contribution is 7.88. The van der Waals surface area contributed by atoms with Crippen LogP contribution in [-0.2, 0) is 14.8 Å². The van der Waals surface area contributed by atoms with Crippen molar-refractivity contribution in [2.24, 2.45) is 0 Å². The predicted octanol–water partition coefficient (Wildman–Crippen LogP) is -0.214. The van der Waals surface area contributed by atoms with E-state index in [1.807, 2.05) is 0 Å². The third kappa shape index (κ3) is 3.51. The predicted molar refractivity (Wildman–Crippen MR) is 88.2 cm³/mol. The van der Waals surface area contributed by atoms with E-state index in [4.69, 9.17) is 0 Å². The molecule has 1 aromatic heterocycles. The molecule has 0 radical (unpaired) electrons. The van der Waals surface area contributed by atoms with E-state index in [-0.39, 0.29) is 24.6 Å². The van der Waals surface area contributed by atoms with Gasteiger partial charge in [0.1, 0.15) is 6.04 Å². The van der Waals surface area contributed by atoms with E-state index in [2.05, 4.69) is 5.10 Å². The summed E-state index contributed by atoms with van der Waals surface area (Å²) >= 11 is 0. The normalized spacial score (nSPS) is 20.8. The summed E-state index contributed by atoms with van der Waals surface area (Å²) in [6, 6.07) is 2.51. The fourth-order valence-corrected chi connectivity index (χ4v) is 3.75. The molecule has 0 aromatic carbocycles. The van der Waals surface area contributed by atoms with E-state index < -0.39 is 16.1 Å². The molecular formula is C15H22N4O4S. The molecule has 2 aliphatic rings. The molecule has 1 aromatic rings. The van der Waals surface area contributed by atoms with E-state index in [1.165, 1.54) is 21.3 Å². The summed E-state index contributed by atoms with van der Waals surface area (Å²) in [5.41, 5.74) is 0.561. The van der Waals surface area contributed by atoms with E-state index in [9.17, 15) is 18.0 Å². The highest BCUT2D eigenvalue weighted by atomic mass is 32.2. The van der Waals surface area contributed by atoms with Crippen LogP contribution in [0.3, 0.4) is 0 Å². The van der Waals surface area contributed by atoms with Gasteiger partial charge in [0.15, 0.2) is 0 Å². The number of hydrogen-bond acceptors (Lipinski definition) is 5. The highest BCUT2D eigenvalue weighted by Gasteiger charge is 2.31. The smallest absolute Gasteiger partial charge is 0.267 e. The first-order chi connectivity index (χ1) is 11.3. The first-order valence-electron chi connectivity index (χ1n) is 8.11. The van der Waals surface area contributed by atoms with Crippen LogP contribution in [0.1, 0.15) is 37.4 Å². The first-order valence-corrected chi connectivity index (χ1v) is 9.96. The zero-order valence-electron chi connectivity index (χ0n) is 13.9. The number of aromatic nitrogens is 2. The third-order valence-electron chi connectivity index (χ3n) is 4.58. The molecule has 1 aliphatic carbocycles. The van der Waals surface area contributed by atoms with Crippen molar-refractivity contribution < 1.29 is 13.2 Å². The van der Waals surface area contributed by atoms with Gasteiger partial charge in [-0.25, -0.2) is 13.1 Å². The van der Waals surface area contributed by atoms with Crippen LogP contribution in [0.2, 0.25) is 0 Å². The quantitative estimate of drug-likeness (QED) is 0.746. The molecule has 1 aliphatic heterocycles. The zero-order chi connectivity index (χ0) is 17.5. The minimum Gasteiger partial charge on any atom is -0.338 e. The molecule has 24 heavy (non-hydrogen) atoms. The number of carbonyl (C=O) groups excluding carboxylic acids is 1. The summed E-state index contributed by atoms with van der Waals surface area (Å²) in [6.45, 7) is 2.88. The average Bonchev–Trinajstić information content (AvgIpc) is 3.38. The van der Waals surface area contributed by atoms with Gasteiger partial charge in [-0.3, -0.25) is 9.59 Å². The Kier molecular flexibility index (Phi) is 4.48. The van der Waals surface area contributed by atoms with Gasteiger partial charge in [0.25, 0.3) is 5.56 Å². The van der Waals surface area contributed by atoms with Crippen molar-refractivity contribution in [3.8, 4) is 0 Å². The standard InChI is InChI=1S/C15H22N4O4S/c1-11(19-14(20)6-5-13(16-19)12-3-4-12)15(21)17-7-9-18(10-8-17)24(2,22)23/h5-6,11-12H,3-4,7-10H2,1-2H3. The van der Waals surface area contributed by atoms with Gasteiger partial charge in [-0.2, -0.15) is 9.40 Å². The van der Waals surface area contributed by atoms with Gasteiger partial charge in [-0.05, 0) is 25.8 Å². The molecule has 132 valence electrons. The summed E-state index contributed by atoms with van der Waals surface area (Å²) in [5.74, 6) is 0.197. The molecule has 0 bridgehead atoms. The Morgan fingerprint density at radius 1 is 1.21 bits per heavy atom. The van der Waals surface area contributed by atoms with Gasteiger partial charge in [0.2, 0.25) is 15.9 Å². The second kappa shape index (κ2) is 6.29. The van der Waals surface area contributed by atoms with Gasteiger partial charge in [0.05, 0.1) is 11.9 Å². The SMILES string of the molecule is CC(C(=O)N1CCN(S(C)(=O)=O)CC1)n1nc(C2CC2)ccc1=O. The molecule has 0 spiro atoms. The summed E-state index contributed by atoms with van der Waals surface area (Å²) < 4.78 is 25.7. The van der Waals surface area contributed by atoms with Crippen LogP contribution >= 0.6 is 0 Å². The van der Waals surface area contributed by atoms with Crippen molar-refractivity contribution in [3.05, 3.63) is 28.2 Å². The molecule has 1 saturated heterocycles. The summed E-state index contributed by atoms with van der Waals surface area (Å²) in [4.78, 5) is 26.3. The Morgan fingerprint density at radius 2 is 1.83 bits per heavy atom. The van der Waals surface area contributed by atoms with Crippen molar-refractivity contribution in [3.63, 3.8) is 0 Å². The van der Waals surface area contributed by atoms with Gasteiger partial charge in [-0.1, -0.05) is 0 Å². The largest absolute Gasteiger partial charge is 0.338 e. The van der Waals surface area contributed by atoms with Crippen LogP contribution < -0.4 is 5.56 Å². The van der Waals surface area contributed by atoms with E-state index in [0.29, 0.717) is 19.0 Å². The van der Waals surface area contributed by atoms with Crippen molar-refractivity contribution in [1.29, 1.82) is 0 Å². The highest BCUT2D eigenvalue weighted by Crippen LogP contribution is 2.38. The summed E-state index contributed by atoms with van der Waals surface area (Å²) in [6.07, 6.45) is 3.31. The monoisotopic (exact) mass is 354 g/mol. The van der Waals surface area contributed by atoms with Crippen molar-refractivity contribution in [1.82, 2.24) is 19.0 Å². The molecule has 2 heterocycles. The van der Waals surface area contributed by atoms with Crippen molar-refractivity contribution in [2.45, 2.75) is 31.7 Å². The Hall–Kier alpha value is -1.74. The Labute approximate surface area is 141 Å². The van der Waals surface area contributed by atoms with E-state index >= 15 is 0 Å². The molecule has 1 saturated carbocycles. The summed E-state index contributed by atoms with van der Waals surface area (Å²) in [7, 11) is -3.23. The third-order valence-corrected chi connectivity index (χ3v) is 5.89. The van der Waals surface area contributed by atoms with Gasteiger partial charge >= 0.3 is 0 Å². The minimum absolute atomic E-state index is 0.203. The number of hydrogen-bond donors (Lipinski definition) is 0. The molecule has 1 atom stereocenters. The molecule has 3 rings (SSSR count). The number of carbonyl (C=O) groups is 1. The van der Waals surface area contributed by atoms with Crippen molar-refractivity contribution >= 4 is 15.9 Å². The number of nitrogens with zero attached hydrogens (tertiary/aromatic N) is 4. The lowest BCUT2D eigenvalue weighted by Gasteiger charge is -2.34. The second-order valence-corrected chi connectivity index (χ2v) is 8.46. The molecule has 9 heteroatoms. The van der Waals surface area contributed by atoms with Gasteiger partial charge < -0.3 is 4.90 Å². The number of sulfonamides is 1. The first kappa shape index (κ1) is 17.1. The van der Waals surface area contributed by atoms with Crippen molar-refractivity contribution in [2.75, 3.05) is 32.4 Å². The average molecular weight is 354 g/mol. The lowest BCUT2D eigenvalue weighted by Crippen LogP contribution is -2.52. The van der Waals surface area contributed by atoms with E-state index in [1.54, 1.807) is 17.9 Å². The molecule has 8 nitrogen and oxygen atoms in total. The topological polar surface area (TPSA) is 92.6 Å². The zero-order valence-corrected chi connectivity index (χ0v) is 14.7. The number of rotatable bonds is 4. The number of amides is 1. The van der Waals surface area contributed by atoms with Crippen LogP contribution in [0.4, 0.5) is 0 Å². The van der Waals surface area contributed by atoms with Crippen LogP contribution in [0.5, 0.6) is 0 Å². The molecule has 1 amide bonds. The van der Waals surface area contributed by atoms with Crippen LogP contribution in [-0.4, -0.2) is 65.7 Å². The van der Waals surface area contributed by atoms with Gasteiger partial charge in [0, 0.05) is 38.2 Å². The van der Waals surface area contributed by atoms with Crippen LogP contribution in [0.25, 0.3) is 0 Å². The second-order valence-electron chi connectivity index (χ2n) is 6.48. The Balaban J connectivity index is 1.71. The maximum absolute atomic E-state index is 12.7. The maximum atomic E-state index is 12.7. The molecule has 2 fully saturated rings.